The molecular formula is C14H24N6OS. The summed E-state index contributed by atoms with van der Waals surface area (Å²) in [5.74, 6) is 0.582. The second kappa shape index (κ2) is 7.06. The third-order valence-corrected chi connectivity index (χ3v) is 4.85. The average Bonchev–Trinajstić information content (AvgIpc) is 3.01. The van der Waals surface area contributed by atoms with Gasteiger partial charge in [0.25, 0.3) is 0 Å². The highest BCUT2D eigenvalue weighted by molar-refractivity contribution is 7.09. The summed E-state index contributed by atoms with van der Waals surface area (Å²) in [6.07, 6.45) is 1.80. The van der Waals surface area contributed by atoms with E-state index in [0.29, 0.717) is 6.54 Å². The molecule has 0 aromatic carbocycles. The first kappa shape index (κ1) is 16.7. The van der Waals surface area contributed by atoms with E-state index < -0.39 is 5.54 Å². The minimum absolute atomic E-state index is 0.285. The molecular weight excluding hydrogens is 300 g/mol. The van der Waals surface area contributed by atoms with Gasteiger partial charge in [-0.1, -0.05) is 0 Å². The van der Waals surface area contributed by atoms with Crippen molar-refractivity contribution in [2.24, 2.45) is 10.7 Å². The van der Waals surface area contributed by atoms with Crippen molar-refractivity contribution in [3.05, 3.63) is 16.6 Å². The maximum Gasteiger partial charge on any atom is 0.237 e. The Morgan fingerprint density at radius 1 is 1.45 bits per heavy atom. The van der Waals surface area contributed by atoms with E-state index >= 15 is 0 Å². The van der Waals surface area contributed by atoms with Gasteiger partial charge in [0.15, 0.2) is 5.96 Å². The fourth-order valence-corrected chi connectivity index (χ4v) is 3.02. The Balaban J connectivity index is 1.88. The van der Waals surface area contributed by atoms with Gasteiger partial charge in [-0.15, -0.1) is 11.3 Å². The number of nitrogens with zero attached hydrogens (tertiary/aromatic N) is 4. The SMILES string of the molecule is CN=C(NCc1nccs1)N1CCN(C(C)(C)C(N)=O)CC1. The monoisotopic (exact) mass is 324 g/mol. The second-order valence-corrected chi connectivity index (χ2v) is 6.70. The minimum Gasteiger partial charge on any atom is -0.368 e. The first-order valence-electron chi connectivity index (χ1n) is 7.34. The Labute approximate surface area is 135 Å². The van der Waals surface area contributed by atoms with Crippen LogP contribution in [0.2, 0.25) is 0 Å². The van der Waals surface area contributed by atoms with Crippen LogP contribution in [0.25, 0.3) is 0 Å². The Bertz CT molecular complexity index is 519. The first-order chi connectivity index (χ1) is 10.4. The number of hydrogen-bond acceptors (Lipinski definition) is 5. The van der Waals surface area contributed by atoms with Gasteiger partial charge in [0.1, 0.15) is 5.01 Å². The lowest BCUT2D eigenvalue weighted by Crippen LogP contribution is -2.61. The van der Waals surface area contributed by atoms with Gasteiger partial charge in [-0.05, 0) is 13.8 Å². The largest absolute Gasteiger partial charge is 0.368 e. The number of carbonyl (C=O) groups excluding carboxylic acids is 1. The number of hydrogen-bond donors (Lipinski definition) is 2. The molecule has 3 N–H and O–H groups in total. The van der Waals surface area contributed by atoms with Crippen LogP contribution in [0.3, 0.4) is 0 Å². The number of aliphatic imine (C=N–C) groups is 1. The van der Waals surface area contributed by atoms with Crippen molar-refractivity contribution in [1.82, 2.24) is 20.1 Å². The lowest BCUT2D eigenvalue weighted by atomic mass is 10.0. The average molecular weight is 324 g/mol. The zero-order valence-electron chi connectivity index (χ0n) is 13.4. The standard InChI is InChI=1S/C14H24N6OS/c1-14(2,12(15)21)20-7-5-19(6-8-20)13(16-3)18-10-11-17-4-9-22-11/h4,9H,5-8,10H2,1-3H3,(H2,15,21)(H,16,18). The quantitative estimate of drug-likeness (QED) is 0.606. The predicted molar refractivity (Wildman–Crippen MR) is 88.7 cm³/mol. The van der Waals surface area contributed by atoms with E-state index in [2.05, 4.69) is 25.1 Å². The first-order valence-corrected chi connectivity index (χ1v) is 8.22. The predicted octanol–water partition coefficient (Wildman–Crippen LogP) is 0.100. The van der Waals surface area contributed by atoms with E-state index in [1.165, 1.54) is 0 Å². The number of guanidine groups is 1. The van der Waals surface area contributed by atoms with Crippen molar-refractivity contribution >= 4 is 23.2 Å². The molecule has 0 saturated carbocycles. The molecule has 2 rings (SSSR count). The smallest absolute Gasteiger partial charge is 0.237 e. The molecule has 0 radical (unpaired) electrons. The van der Waals surface area contributed by atoms with Gasteiger partial charge in [-0.25, -0.2) is 4.98 Å². The van der Waals surface area contributed by atoms with Crippen LogP contribution in [0.15, 0.2) is 16.6 Å². The summed E-state index contributed by atoms with van der Waals surface area (Å²) in [6, 6.07) is 0. The Morgan fingerprint density at radius 2 is 2.14 bits per heavy atom. The zero-order valence-corrected chi connectivity index (χ0v) is 14.2. The second-order valence-electron chi connectivity index (χ2n) is 5.72. The van der Waals surface area contributed by atoms with Gasteiger partial charge < -0.3 is 16.0 Å². The van der Waals surface area contributed by atoms with Crippen LogP contribution in [0.5, 0.6) is 0 Å². The molecule has 1 saturated heterocycles. The number of thiazole rings is 1. The van der Waals surface area contributed by atoms with E-state index in [1.807, 2.05) is 19.2 Å². The summed E-state index contributed by atoms with van der Waals surface area (Å²) in [5.41, 5.74) is 4.88. The van der Waals surface area contributed by atoms with Crippen molar-refractivity contribution in [3.63, 3.8) is 0 Å². The highest BCUT2D eigenvalue weighted by Crippen LogP contribution is 2.16. The molecule has 7 nitrogen and oxygen atoms in total. The molecule has 8 heteroatoms. The molecule has 0 spiro atoms. The molecule has 22 heavy (non-hydrogen) atoms. The van der Waals surface area contributed by atoms with E-state index in [-0.39, 0.29) is 5.91 Å². The van der Waals surface area contributed by atoms with E-state index in [4.69, 9.17) is 5.73 Å². The number of primary amides is 1. The third-order valence-electron chi connectivity index (χ3n) is 4.07. The van der Waals surface area contributed by atoms with Crippen molar-refractivity contribution in [2.45, 2.75) is 25.9 Å². The molecule has 0 bridgehead atoms. The number of amides is 1. The van der Waals surface area contributed by atoms with Gasteiger partial charge in [-0.2, -0.15) is 0 Å². The summed E-state index contributed by atoms with van der Waals surface area (Å²) in [7, 11) is 1.78. The molecule has 1 fully saturated rings. The Hall–Kier alpha value is -1.67. The molecule has 1 aromatic heterocycles. The van der Waals surface area contributed by atoms with Crippen molar-refractivity contribution < 1.29 is 4.79 Å². The van der Waals surface area contributed by atoms with Crippen LogP contribution < -0.4 is 11.1 Å². The van der Waals surface area contributed by atoms with Gasteiger partial charge in [0, 0.05) is 44.8 Å². The normalized spacial score (nSPS) is 17.6. The molecule has 0 atom stereocenters. The van der Waals surface area contributed by atoms with E-state index in [1.54, 1.807) is 24.6 Å². The van der Waals surface area contributed by atoms with Crippen LogP contribution in [-0.4, -0.2) is 65.4 Å². The summed E-state index contributed by atoms with van der Waals surface area (Å²) < 4.78 is 0. The zero-order chi connectivity index (χ0) is 16.2. The number of piperazine rings is 1. The fraction of sp³-hybridized carbons (Fsp3) is 0.643. The van der Waals surface area contributed by atoms with Crippen molar-refractivity contribution in [2.75, 3.05) is 33.2 Å². The van der Waals surface area contributed by atoms with Crippen LogP contribution in [0, 0.1) is 0 Å². The lowest BCUT2D eigenvalue weighted by molar-refractivity contribution is -0.129. The van der Waals surface area contributed by atoms with E-state index in [0.717, 1.165) is 37.1 Å². The fourth-order valence-electron chi connectivity index (χ4n) is 2.46. The highest BCUT2D eigenvalue weighted by atomic mass is 32.1. The van der Waals surface area contributed by atoms with Gasteiger partial charge in [0.05, 0.1) is 12.1 Å². The summed E-state index contributed by atoms with van der Waals surface area (Å²) in [4.78, 5) is 24.5. The number of nitrogens with two attached hydrogens (primary N) is 1. The van der Waals surface area contributed by atoms with Crippen LogP contribution in [-0.2, 0) is 11.3 Å². The minimum atomic E-state index is -0.607. The van der Waals surface area contributed by atoms with Gasteiger partial charge >= 0.3 is 0 Å². The maximum atomic E-state index is 11.6. The van der Waals surface area contributed by atoms with Gasteiger partial charge in [0.2, 0.25) is 5.91 Å². The third kappa shape index (κ3) is 3.75. The molecule has 0 unspecified atom stereocenters. The van der Waals surface area contributed by atoms with Crippen LogP contribution >= 0.6 is 11.3 Å². The summed E-state index contributed by atoms with van der Waals surface area (Å²) in [6.45, 7) is 7.63. The Kier molecular flexibility index (Phi) is 5.36. The van der Waals surface area contributed by atoms with Gasteiger partial charge in [-0.3, -0.25) is 14.7 Å². The topological polar surface area (TPSA) is 86.8 Å². The summed E-state index contributed by atoms with van der Waals surface area (Å²) >= 11 is 1.62. The van der Waals surface area contributed by atoms with Crippen LogP contribution in [0.4, 0.5) is 0 Å². The molecule has 1 aliphatic heterocycles. The number of nitrogens with one attached hydrogen (secondary N) is 1. The number of aromatic nitrogens is 1. The van der Waals surface area contributed by atoms with Crippen LogP contribution in [0.1, 0.15) is 18.9 Å². The maximum absolute atomic E-state index is 11.6. The highest BCUT2D eigenvalue weighted by Gasteiger charge is 2.35. The lowest BCUT2D eigenvalue weighted by Gasteiger charge is -2.43. The van der Waals surface area contributed by atoms with E-state index in [9.17, 15) is 4.79 Å². The molecule has 1 aliphatic rings. The van der Waals surface area contributed by atoms with Crippen molar-refractivity contribution in [1.29, 1.82) is 0 Å². The molecule has 1 aromatic rings. The summed E-state index contributed by atoms with van der Waals surface area (Å²) in [5, 5.41) is 6.33. The molecule has 1 amide bonds. The molecule has 122 valence electrons. The molecule has 0 aliphatic carbocycles. The molecule has 2 heterocycles. The van der Waals surface area contributed by atoms with Crippen molar-refractivity contribution in [3.8, 4) is 0 Å². The number of rotatable bonds is 4. The Morgan fingerprint density at radius 3 is 2.64 bits per heavy atom. The number of carbonyl (C=O) groups is 1.